The average molecular weight is 318 g/mol. The van der Waals surface area contributed by atoms with E-state index in [0.29, 0.717) is 12.3 Å². The molecule has 1 aromatic rings. The number of amides is 1. The third-order valence-electron chi connectivity index (χ3n) is 4.47. The standard InChI is InChI=1S/C18H30N4O/c1-3-21-8-10-22(11-9-21)14-15(2)13-20-18(23)12-16-4-6-17(19)7-5-16/h4-7,15H,3,8-14,19H2,1-2H3,(H,20,23). The second-order valence-corrected chi connectivity index (χ2v) is 6.56. The fourth-order valence-electron chi connectivity index (χ4n) is 2.96. The van der Waals surface area contributed by atoms with Crippen LogP contribution in [0.15, 0.2) is 24.3 Å². The van der Waals surface area contributed by atoms with Crippen LogP contribution in [0.5, 0.6) is 0 Å². The van der Waals surface area contributed by atoms with Crippen molar-refractivity contribution in [2.75, 3.05) is 51.5 Å². The van der Waals surface area contributed by atoms with Crippen molar-refractivity contribution < 1.29 is 4.79 Å². The minimum absolute atomic E-state index is 0.0809. The van der Waals surface area contributed by atoms with Gasteiger partial charge >= 0.3 is 0 Å². The fraction of sp³-hybridized carbons (Fsp3) is 0.611. The minimum Gasteiger partial charge on any atom is -0.399 e. The SMILES string of the molecule is CCN1CCN(CC(C)CNC(=O)Cc2ccc(N)cc2)CC1. The monoisotopic (exact) mass is 318 g/mol. The molecule has 23 heavy (non-hydrogen) atoms. The molecule has 2 rings (SSSR count). The second-order valence-electron chi connectivity index (χ2n) is 6.56. The van der Waals surface area contributed by atoms with Gasteiger partial charge in [0, 0.05) is 45.0 Å². The van der Waals surface area contributed by atoms with Crippen LogP contribution in [0.3, 0.4) is 0 Å². The van der Waals surface area contributed by atoms with Crippen LogP contribution >= 0.6 is 0 Å². The summed E-state index contributed by atoms with van der Waals surface area (Å²) in [7, 11) is 0. The highest BCUT2D eigenvalue weighted by Crippen LogP contribution is 2.07. The molecule has 1 aromatic carbocycles. The molecule has 0 aliphatic carbocycles. The largest absolute Gasteiger partial charge is 0.399 e. The van der Waals surface area contributed by atoms with E-state index in [1.807, 2.05) is 24.3 Å². The molecule has 1 aliphatic heterocycles. The molecule has 1 atom stereocenters. The third-order valence-corrected chi connectivity index (χ3v) is 4.47. The Kier molecular flexibility index (Phi) is 6.86. The van der Waals surface area contributed by atoms with Crippen molar-refractivity contribution >= 4 is 11.6 Å². The Balaban J connectivity index is 1.64. The number of hydrogen-bond acceptors (Lipinski definition) is 4. The van der Waals surface area contributed by atoms with E-state index in [9.17, 15) is 4.79 Å². The zero-order valence-corrected chi connectivity index (χ0v) is 14.4. The molecule has 1 unspecified atom stereocenters. The van der Waals surface area contributed by atoms with Crippen LogP contribution in [-0.2, 0) is 11.2 Å². The number of hydrogen-bond donors (Lipinski definition) is 2. The minimum atomic E-state index is 0.0809. The number of nitrogen functional groups attached to an aromatic ring is 1. The molecule has 1 amide bonds. The summed E-state index contributed by atoms with van der Waals surface area (Å²) in [6.45, 7) is 11.9. The maximum absolute atomic E-state index is 12.0. The highest BCUT2D eigenvalue weighted by Gasteiger charge is 2.17. The molecule has 0 radical (unpaired) electrons. The van der Waals surface area contributed by atoms with E-state index in [1.165, 1.54) is 0 Å². The summed E-state index contributed by atoms with van der Waals surface area (Å²) in [6, 6.07) is 7.49. The number of anilines is 1. The summed E-state index contributed by atoms with van der Waals surface area (Å²) in [4.78, 5) is 17.0. The second kappa shape index (κ2) is 8.89. The van der Waals surface area contributed by atoms with Crippen molar-refractivity contribution in [1.82, 2.24) is 15.1 Å². The maximum atomic E-state index is 12.0. The molecular weight excluding hydrogens is 288 g/mol. The van der Waals surface area contributed by atoms with Gasteiger partial charge in [-0.2, -0.15) is 0 Å². The van der Waals surface area contributed by atoms with Gasteiger partial charge in [0.05, 0.1) is 6.42 Å². The molecule has 0 spiro atoms. The molecule has 0 aromatic heterocycles. The normalized spacial score (nSPS) is 17.8. The van der Waals surface area contributed by atoms with E-state index >= 15 is 0 Å². The fourth-order valence-corrected chi connectivity index (χ4v) is 2.96. The summed E-state index contributed by atoms with van der Waals surface area (Å²) in [6.07, 6.45) is 0.419. The lowest BCUT2D eigenvalue weighted by molar-refractivity contribution is -0.120. The predicted molar refractivity (Wildman–Crippen MR) is 95.3 cm³/mol. The highest BCUT2D eigenvalue weighted by molar-refractivity contribution is 5.78. The Labute approximate surface area is 139 Å². The topological polar surface area (TPSA) is 61.6 Å². The lowest BCUT2D eigenvalue weighted by Crippen LogP contribution is -2.48. The molecule has 1 fully saturated rings. The van der Waals surface area contributed by atoms with Gasteiger partial charge in [-0.25, -0.2) is 0 Å². The van der Waals surface area contributed by atoms with Crippen molar-refractivity contribution in [3.63, 3.8) is 0 Å². The van der Waals surface area contributed by atoms with Crippen molar-refractivity contribution in [2.45, 2.75) is 20.3 Å². The molecule has 128 valence electrons. The van der Waals surface area contributed by atoms with E-state index in [4.69, 9.17) is 5.73 Å². The highest BCUT2D eigenvalue weighted by atomic mass is 16.1. The lowest BCUT2D eigenvalue weighted by atomic mass is 10.1. The first kappa shape index (κ1) is 17.8. The first-order chi connectivity index (χ1) is 11.1. The van der Waals surface area contributed by atoms with Crippen molar-refractivity contribution in [3.8, 4) is 0 Å². The van der Waals surface area contributed by atoms with Crippen LogP contribution in [0.1, 0.15) is 19.4 Å². The molecule has 5 heteroatoms. The Morgan fingerprint density at radius 1 is 1.17 bits per heavy atom. The zero-order chi connectivity index (χ0) is 16.7. The number of nitrogens with zero attached hydrogens (tertiary/aromatic N) is 2. The lowest BCUT2D eigenvalue weighted by Gasteiger charge is -2.35. The Hall–Kier alpha value is -1.59. The Morgan fingerprint density at radius 2 is 1.78 bits per heavy atom. The number of carbonyl (C=O) groups excluding carboxylic acids is 1. The summed E-state index contributed by atoms with van der Waals surface area (Å²) in [5.74, 6) is 0.552. The van der Waals surface area contributed by atoms with E-state index in [-0.39, 0.29) is 5.91 Å². The van der Waals surface area contributed by atoms with Crippen LogP contribution in [0.2, 0.25) is 0 Å². The van der Waals surface area contributed by atoms with Crippen LogP contribution in [-0.4, -0.2) is 61.5 Å². The number of carbonyl (C=O) groups is 1. The van der Waals surface area contributed by atoms with E-state index in [1.54, 1.807) is 0 Å². The first-order valence-electron chi connectivity index (χ1n) is 8.62. The first-order valence-corrected chi connectivity index (χ1v) is 8.62. The van der Waals surface area contributed by atoms with Crippen LogP contribution < -0.4 is 11.1 Å². The van der Waals surface area contributed by atoms with Gasteiger partial charge < -0.3 is 20.9 Å². The Morgan fingerprint density at radius 3 is 2.39 bits per heavy atom. The third kappa shape index (κ3) is 6.20. The van der Waals surface area contributed by atoms with Gasteiger partial charge in [-0.3, -0.25) is 4.79 Å². The van der Waals surface area contributed by atoms with Crippen LogP contribution in [0.25, 0.3) is 0 Å². The van der Waals surface area contributed by atoms with Gasteiger partial charge in [-0.15, -0.1) is 0 Å². The van der Waals surface area contributed by atoms with Crippen molar-refractivity contribution in [3.05, 3.63) is 29.8 Å². The number of piperazine rings is 1. The van der Waals surface area contributed by atoms with Gasteiger partial charge in [-0.05, 0) is 30.2 Å². The summed E-state index contributed by atoms with van der Waals surface area (Å²) in [5.41, 5.74) is 7.38. The van der Waals surface area contributed by atoms with E-state index in [0.717, 1.165) is 57.1 Å². The molecule has 1 saturated heterocycles. The molecule has 1 heterocycles. The number of rotatable bonds is 7. The summed E-state index contributed by atoms with van der Waals surface area (Å²) in [5, 5.41) is 3.05. The van der Waals surface area contributed by atoms with Gasteiger partial charge in [-0.1, -0.05) is 26.0 Å². The number of benzene rings is 1. The zero-order valence-electron chi connectivity index (χ0n) is 14.4. The molecule has 0 bridgehead atoms. The maximum Gasteiger partial charge on any atom is 0.224 e. The van der Waals surface area contributed by atoms with E-state index in [2.05, 4.69) is 29.0 Å². The molecule has 0 saturated carbocycles. The molecule has 3 N–H and O–H groups in total. The molecule has 5 nitrogen and oxygen atoms in total. The van der Waals surface area contributed by atoms with Crippen LogP contribution in [0, 0.1) is 5.92 Å². The van der Waals surface area contributed by atoms with E-state index < -0.39 is 0 Å². The molecule has 1 aliphatic rings. The van der Waals surface area contributed by atoms with Crippen LogP contribution in [0.4, 0.5) is 5.69 Å². The van der Waals surface area contributed by atoms with Gasteiger partial charge in [0.25, 0.3) is 0 Å². The predicted octanol–water partition coefficient (Wildman–Crippen LogP) is 1.20. The summed E-state index contributed by atoms with van der Waals surface area (Å²) >= 11 is 0. The summed E-state index contributed by atoms with van der Waals surface area (Å²) < 4.78 is 0. The van der Waals surface area contributed by atoms with Gasteiger partial charge in [0.15, 0.2) is 0 Å². The number of likely N-dealkylation sites (N-methyl/N-ethyl adjacent to an activating group) is 1. The Bertz CT molecular complexity index is 480. The number of nitrogens with one attached hydrogen (secondary N) is 1. The van der Waals surface area contributed by atoms with Gasteiger partial charge in [0.1, 0.15) is 0 Å². The van der Waals surface area contributed by atoms with Crippen molar-refractivity contribution in [1.29, 1.82) is 0 Å². The molecular formula is C18H30N4O. The smallest absolute Gasteiger partial charge is 0.224 e. The van der Waals surface area contributed by atoms with Crippen molar-refractivity contribution in [2.24, 2.45) is 5.92 Å². The number of nitrogens with two attached hydrogens (primary N) is 1. The quantitative estimate of drug-likeness (QED) is 0.742. The average Bonchev–Trinajstić information content (AvgIpc) is 2.56. The van der Waals surface area contributed by atoms with Gasteiger partial charge in [0.2, 0.25) is 5.91 Å².